The summed E-state index contributed by atoms with van der Waals surface area (Å²) in [6.07, 6.45) is 0.624. The summed E-state index contributed by atoms with van der Waals surface area (Å²) in [4.78, 5) is 7.83. The lowest BCUT2D eigenvalue weighted by molar-refractivity contribution is 0.581. The topological polar surface area (TPSA) is 74.8 Å². The van der Waals surface area contributed by atoms with Gasteiger partial charge in [0.05, 0.1) is 15.9 Å². The molecule has 0 unspecified atom stereocenters. The van der Waals surface area contributed by atoms with Crippen molar-refractivity contribution in [1.82, 2.24) is 14.7 Å². The minimum atomic E-state index is -3.46. The van der Waals surface area contributed by atoms with E-state index in [-0.39, 0.29) is 0 Å². The van der Waals surface area contributed by atoms with E-state index in [0.717, 1.165) is 28.0 Å². The van der Waals surface area contributed by atoms with Crippen LogP contribution >= 0.6 is 0 Å². The van der Waals surface area contributed by atoms with Crippen LogP contribution in [0.3, 0.4) is 0 Å². The van der Waals surface area contributed by atoms with Gasteiger partial charge in [0.1, 0.15) is 5.82 Å². The molecule has 120 valence electrons. The second-order valence-corrected chi connectivity index (χ2v) is 7.40. The molecule has 2 N–H and O–H groups in total. The molecule has 0 amide bonds. The number of fused-ring (bicyclic) bond motifs is 1. The van der Waals surface area contributed by atoms with E-state index in [1.54, 1.807) is 24.3 Å². The number of benzene rings is 2. The van der Waals surface area contributed by atoms with Gasteiger partial charge in [0.15, 0.2) is 0 Å². The molecule has 1 aromatic heterocycles. The minimum absolute atomic E-state index is 0.294. The average molecular weight is 329 g/mol. The van der Waals surface area contributed by atoms with Gasteiger partial charge in [-0.15, -0.1) is 0 Å². The number of nitrogens with one attached hydrogen (secondary N) is 2. The monoisotopic (exact) mass is 329 g/mol. The number of nitrogens with zero attached hydrogens (tertiary/aromatic N) is 1. The molecule has 0 aliphatic carbocycles. The van der Waals surface area contributed by atoms with Gasteiger partial charge in [-0.25, -0.2) is 18.1 Å². The highest BCUT2D eigenvalue weighted by molar-refractivity contribution is 7.89. The van der Waals surface area contributed by atoms with Crippen molar-refractivity contribution in [1.29, 1.82) is 0 Å². The molecule has 0 aliphatic heterocycles. The first-order chi connectivity index (χ1) is 10.9. The number of hydrogen-bond acceptors (Lipinski definition) is 3. The van der Waals surface area contributed by atoms with Crippen LogP contribution in [-0.4, -0.2) is 24.9 Å². The fourth-order valence-corrected chi connectivity index (χ4v) is 3.50. The lowest BCUT2D eigenvalue weighted by Gasteiger charge is -2.07. The van der Waals surface area contributed by atoms with Crippen LogP contribution in [0.25, 0.3) is 11.0 Å². The second-order valence-electron chi connectivity index (χ2n) is 5.63. The van der Waals surface area contributed by atoms with Gasteiger partial charge >= 0.3 is 0 Å². The standard InChI is InChI=1S/C17H19N3O2S/c1-12-3-6-15(7-4-12)23(21,22)18-10-9-14-5-8-16-17(11-14)20-13(2)19-16/h3-8,11,18H,9-10H2,1-2H3,(H,19,20). The molecule has 3 aromatic rings. The van der Waals surface area contributed by atoms with E-state index in [4.69, 9.17) is 0 Å². The molecule has 0 spiro atoms. The molecule has 3 rings (SSSR count). The van der Waals surface area contributed by atoms with Gasteiger partial charge in [0, 0.05) is 6.54 Å². The number of aromatic nitrogens is 2. The van der Waals surface area contributed by atoms with Crippen LogP contribution in [0.1, 0.15) is 17.0 Å². The normalized spacial score (nSPS) is 11.9. The summed E-state index contributed by atoms with van der Waals surface area (Å²) in [7, 11) is -3.46. The summed E-state index contributed by atoms with van der Waals surface area (Å²) < 4.78 is 27.1. The first-order valence-corrected chi connectivity index (χ1v) is 8.94. The molecule has 1 heterocycles. The predicted molar refractivity (Wildman–Crippen MR) is 90.9 cm³/mol. The van der Waals surface area contributed by atoms with Crippen molar-refractivity contribution in [2.75, 3.05) is 6.54 Å². The van der Waals surface area contributed by atoms with Crippen LogP contribution in [0.15, 0.2) is 47.4 Å². The van der Waals surface area contributed by atoms with Gasteiger partial charge in [-0.05, 0) is 50.1 Å². The highest BCUT2D eigenvalue weighted by atomic mass is 32.2. The molecule has 0 saturated heterocycles. The Labute approximate surface area is 135 Å². The van der Waals surface area contributed by atoms with Crippen molar-refractivity contribution in [2.24, 2.45) is 0 Å². The van der Waals surface area contributed by atoms with Gasteiger partial charge < -0.3 is 4.98 Å². The van der Waals surface area contributed by atoms with Crippen LogP contribution in [0.4, 0.5) is 0 Å². The number of H-pyrrole nitrogens is 1. The first kappa shape index (κ1) is 15.7. The van der Waals surface area contributed by atoms with E-state index < -0.39 is 10.0 Å². The third-order valence-electron chi connectivity index (χ3n) is 3.70. The number of sulfonamides is 1. The maximum Gasteiger partial charge on any atom is 0.240 e. The predicted octanol–water partition coefficient (Wildman–Crippen LogP) is 2.70. The van der Waals surface area contributed by atoms with Crippen molar-refractivity contribution >= 4 is 21.1 Å². The van der Waals surface area contributed by atoms with Crippen molar-refractivity contribution in [3.63, 3.8) is 0 Å². The number of rotatable bonds is 5. The van der Waals surface area contributed by atoms with Gasteiger partial charge in [-0.3, -0.25) is 0 Å². The fourth-order valence-electron chi connectivity index (χ4n) is 2.47. The van der Waals surface area contributed by atoms with Crippen LogP contribution < -0.4 is 4.72 Å². The van der Waals surface area contributed by atoms with Gasteiger partial charge in [-0.2, -0.15) is 0 Å². The third kappa shape index (κ3) is 3.60. The average Bonchev–Trinajstić information content (AvgIpc) is 2.87. The smallest absolute Gasteiger partial charge is 0.240 e. The molecule has 2 aromatic carbocycles. The summed E-state index contributed by atoms with van der Waals surface area (Å²) in [6.45, 7) is 4.20. The Morgan fingerprint density at radius 2 is 1.83 bits per heavy atom. The second kappa shape index (κ2) is 6.14. The quantitative estimate of drug-likeness (QED) is 0.756. The van der Waals surface area contributed by atoms with E-state index in [1.807, 2.05) is 32.0 Å². The molecule has 0 aliphatic rings. The third-order valence-corrected chi connectivity index (χ3v) is 5.18. The van der Waals surface area contributed by atoms with Crippen LogP contribution in [0.2, 0.25) is 0 Å². The highest BCUT2D eigenvalue weighted by Crippen LogP contribution is 2.14. The molecule has 0 atom stereocenters. The van der Waals surface area contributed by atoms with Crippen LogP contribution in [0, 0.1) is 13.8 Å². The van der Waals surface area contributed by atoms with E-state index >= 15 is 0 Å². The lowest BCUT2D eigenvalue weighted by atomic mass is 10.1. The highest BCUT2D eigenvalue weighted by Gasteiger charge is 2.12. The summed E-state index contributed by atoms with van der Waals surface area (Å²) >= 11 is 0. The van der Waals surface area contributed by atoms with Crippen molar-refractivity contribution in [3.8, 4) is 0 Å². The lowest BCUT2D eigenvalue weighted by Crippen LogP contribution is -2.25. The molecular weight excluding hydrogens is 310 g/mol. The summed E-state index contributed by atoms with van der Waals surface area (Å²) in [6, 6.07) is 12.8. The molecule has 5 nitrogen and oxygen atoms in total. The molecule has 0 saturated carbocycles. The molecular formula is C17H19N3O2S. The number of hydrogen-bond donors (Lipinski definition) is 2. The van der Waals surface area contributed by atoms with Crippen molar-refractivity contribution < 1.29 is 8.42 Å². The Balaban J connectivity index is 1.66. The molecule has 0 fully saturated rings. The Morgan fingerprint density at radius 3 is 2.57 bits per heavy atom. The SMILES string of the molecule is Cc1ccc(S(=O)(=O)NCCc2ccc3nc(C)[nH]c3c2)cc1. The number of aryl methyl sites for hydroxylation is 2. The maximum atomic E-state index is 12.2. The van der Waals surface area contributed by atoms with Crippen LogP contribution in [0.5, 0.6) is 0 Å². The molecule has 0 radical (unpaired) electrons. The van der Waals surface area contributed by atoms with Gasteiger partial charge in [0.25, 0.3) is 0 Å². The van der Waals surface area contributed by atoms with E-state index in [1.165, 1.54) is 0 Å². The van der Waals surface area contributed by atoms with E-state index in [9.17, 15) is 8.42 Å². The first-order valence-electron chi connectivity index (χ1n) is 7.46. The zero-order valence-corrected chi connectivity index (χ0v) is 13.9. The van der Waals surface area contributed by atoms with Gasteiger partial charge in [0.2, 0.25) is 10.0 Å². The Kier molecular flexibility index (Phi) is 4.19. The van der Waals surface area contributed by atoms with Crippen LogP contribution in [-0.2, 0) is 16.4 Å². The Bertz CT molecular complexity index is 928. The summed E-state index contributed by atoms with van der Waals surface area (Å²) in [5.74, 6) is 0.872. The largest absolute Gasteiger partial charge is 0.342 e. The zero-order chi connectivity index (χ0) is 16.4. The maximum absolute atomic E-state index is 12.2. The van der Waals surface area contributed by atoms with Gasteiger partial charge in [-0.1, -0.05) is 23.8 Å². The molecule has 6 heteroatoms. The number of imidazole rings is 1. The fraction of sp³-hybridized carbons (Fsp3) is 0.235. The molecule has 0 bridgehead atoms. The van der Waals surface area contributed by atoms with E-state index in [0.29, 0.717) is 17.9 Å². The zero-order valence-electron chi connectivity index (χ0n) is 13.1. The Hall–Kier alpha value is -2.18. The van der Waals surface area contributed by atoms with Crippen molar-refractivity contribution in [3.05, 3.63) is 59.4 Å². The van der Waals surface area contributed by atoms with E-state index in [2.05, 4.69) is 14.7 Å². The summed E-state index contributed by atoms with van der Waals surface area (Å²) in [5.41, 5.74) is 3.99. The molecule has 23 heavy (non-hydrogen) atoms. The Morgan fingerprint density at radius 1 is 1.09 bits per heavy atom. The van der Waals surface area contributed by atoms with Crippen molar-refractivity contribution in [2.45, 2.75) is 25.2 Å². The number of aromatic amines is 1. The summed E-state index contributed by atoms with van der Waals surface area (Å²) in [5, 5.41) is 0. The minimum Gasteiger partial charge on any atom is -0.342 e.